The minimum absolute atomic E-state index is 0.0880. The van der Waals surface area contributed by atoms with Crippen LogP contribution in [0.25, 0.3) is 0 Å². The molecule has 148 valence electrons. The predicted molar refractivity (Wildman–Crippen MR) is 114 cm³/mol. The van der Waals surface area contributed by atoms with E-state index in [1.165, 1.54) is 11.8 Å². The Morgan fingerprint density at radius 1 is 1.07 bits per heavy atom. The maximum Gasteiger partial charge on any atom is 0.147 e. The van der Waals surface area contributed by atoms with Crippen molar-refractivity contribution in [3.8, 4) is 5.75 Å². The summed E-state index contributed by atoms with van der Waals surface area (Å²) >= 11 is 7.58. The summed E-state index contributed by atoms with van der Waals surface area (Å²) in [5, 5.41) is 1.26. The average molecular weight is 426 g/mol. The molecule has 1 aromatic carbocycles. The summed E-state index contributed by atoms with van der Waals surface area (Å²) in [6, 6.07) is 11.8. The molecule has 6 nitrogen and oxygen atoms in total. The van der Waals surface area contributed by atoms with Gasteiger partial charge in [-0.25, -0.2) is 15.0 Å². The topological polar surface area (TPSA) is 77.2 Å². The summed E-state index contributed by atoms with van der Waals surface area (Å²) in [6.07, 6.45) is 6.97. The highest BCUT2D eigenvalue weighted by atomic mass is 35.5. The maximum absolute atomic E-state index is 6.56. The fourth-order valence-electron chi connectivity index (χ4n) is 4.01. The van der Waals surface area contributed by atoms with Crippen molar-refractivity contribution in [3.63, 3.8) is 0 Å². The van der Waals surface area contributed by atoms with E-state index in [9.17, 15) is 0 Å². The van der Waals surface area contributed by atoms with E-state index >= 15 is 0 Å². The minimum atomic E-state index is -0.319. The summed E-state index contributed by atoms with van der Waals surface area (Å²) in [6.45, 7) is 1.66. The third-order valence-electron chi connectivity index (χ3n) is 5.62. The molecule has 5 rings (SSSR count). The standard InChI is InChI=1S/C21H20ClN5OS/c22-20-16(6-3-9-24-20)29-18-13-25-17(12-26-18)27-10-7-21(8-11-27)19(23)14-4-1-2-5-15(14)28-21/h1-6,9,12-13,19H,7-8,10-11,23H2/t19-/m1/s1. The molecule has 2 N–H and O–H groups in total. The number of fused-ring (bicyclic) bond motifs is 1. The van der Waals surface area contributed by atoms with Crippen molar-refractivity contribution >= 4 is 29.2 Å². The van der Waals surface area contributed by atoms with Crippen molar-refractivity contribution in [1.29, 1.82) is 0 Å². The van der Waals surface area contributed by atoms with E-state index in [2.05, 4.69) is 25.9 Å². The smallest absolute Gasteiger partial charge is 0.147 e. The van der Waals surface area contributed by atoms with Crippen LogP contribution >= 0.6 is 23.4 Å². The van der Waals surface area contributed by atoms with E-state index in [0.717, 1.165) is 53.0 Å². The number of hydrogen-bond acceptors (Lipinski definition) is 7. The van der Waals surface area contributed by atoms with Crippen LogP contribution in [-0.2, 0) is 0 Å². The SMILES string of the molecule is N[C@@H]1c2ccccc2OC12CCN(c1cnc(Sc3cccnc3Cl)cn1)CC2. The predicted octanol–water partition coefficient (Wildman–Crippen LogP) is 4.11. The Bertz CT molecular complexity index is 1020. The fraction of sp³-hybridized carbons (Fsp3) is 0.286. The zero-order valence-electron chi connectivity index (χ0n) is 15.7. The van der Waals surface area contributed by atoms with Crippen LogP contribution in [0.2, 0.25) is 5.15 Å². The number of nitrogens with zero attached hydrogens (tertiary/aromatic N) is 4. The van der Waals surface area contributed by atoms with Gasteiger partial charge in [0.05, 0.1) is 23.3 Å². The molecule has 1 spiro atoms. The number of aromatic nitrogens is 3. The second kappa shape index (κ2) is 7.48. The summed E-state index contributed by atoms with van der Waals surface area (Å²) in [4.78, 5) is 16.3. The molecule has 4 heterocycles. The molecule has 0 bridgehead atoms. The number of piperidine rings is 1. The van der Waals surface area contributed by atoms with Gasteiger partial charge in [0.25, 0.3) is 0 Å². The highest BCUT2D eigenvalue weighted by Crippen LogP contribution is 2.47. The number of benzene rings is 1. The first-order valence-electron chi connectivity index (χ1n) is 9.53. The monoisotopic (exact) mass is 425 g/mol. The molecule has 0 aliphatic carbocycles. The Labute approximate surface area is 178 Å². The van der Waals surface area contributed by atoms with Gasteiger partial charge in [0.1, 0.15) is 27.3 Å². The van der Waals surface area contributed by atoms with Crippen LogP contribution in [0.1, 0.15) is 24.4 Å². The van der Waals surface area contributed by atoms with E-state index in [1.807, 2.05) is 36.5 Å². The van der Waals surface area contributed by atoms with Crippen LogP contribution in [0.15, 0.2) is 64.9 Å². The van der Waals surface area contributed by atoms with Gasteiger partial charge in [0.2, 0.25) is 0 Å². The lowest BCUT2D eigenvalue weighted by Gasteiger charge is -2.41. The molecule has 2 aliphatic heterocycles. The second-order valence-corrected chi connectivity index (χ2v) is 8.70. The van der Waals surface area contributed by atoms with Crippen LogP contribution in [-0.4, -0.2) is 33.6 Å². The van der Waals surface area contributed by atoms with Crippen LogP contribution in [0.5, 0.6) is 5.75 Å². The van der Waals surface area contributed by atoms with Crippen LogP contribution < -0.4 is 15.4 Å². The largest absolute Gasteiger partial charge is 0.485 e. The van der Waals surface area contributed by atoms with Crippen molar-refractivity contribution in [1.82, 2.24) is 15.0 Å². The highest BCUT2D eigenvalue weighted by molar-refractivity contribution is 7.99. The summed E-state index contributed by atoms with van der Waals surface area (Å²) in [7, 11) is 0. The number of ether oxygens (including phenoxy) is 1. The Hall–Kier alpha value is -2.35. The molecule has 0 amide bonds. The van der Waals surface area contributed by atoms with Gasteiger partial charge < -0.3 is 15.4 Å². The van der Waals surface area contributed by atoms with Gasteiger partial charge in [0.15, 0.2) is 0 Å². The van der Waals surface area contributed by atoms with E-state index < -0.39 is 0 Å². The normalized spacial score (nSPS) is 19.8. The number of nitrogens with two attached hydrogens (primary N) is 1. The zero-order chi connectivity index (χ0) is 19.8. The Morgan fingerprint density at radius 3 is 2.62 bits per heavy atom. The van der Waals surface area contributed by atoms with E-state index in [0.29, 0.717) is 5.15 Å². The first-order chi connectivity index (χ1) is 14.1. The Morgan fingerprint density at radius 2 is 1.90 bits per heavy atom. The molecule has 2 aromatic heterocycles. The van der Waals surface area contributed by atoms with Gasteiger partial charge in [-0.2, -0.15) is 0 Å². The number of hydrogen-bond donors (Lipinski definition) is 1. The van der Waals surface area contributed by atoms with E-state index in [-0.39, 0.29) is 11.6 Å². The molecule has 0 saturated carbocycles. The molecule has 1 saturated heterocycles. The van der Waals surface area contributed by atoms with Gasteiger partial charge in [-0.3, -0.25) is 0 Å². The number of rotatable bonds is 3. The number of anilines is 1. The number of halogens is 1. The molecule has 3 aromatic rings. The van der Waals surface area contributed by atoms with E-state index in [4.69, 9.17) is 22.1 Å². The van der Waals surface area contributed by atoms with Crippen molar-refractivity contribution < 1.29 is 4.74 Å². The van der Waals surface area contributed by atoms with Crippen LogP contribution in [0, 0.1) is 0 Å². The molecular weight excluding hydrogens is 406 g/mol. The first-order valence-corrected chi connectivity index (χ1v) is 10.7. The molecule has 8 heteroatoms. The van der Waals surface area contributed by atoms with Crippen LogP contribution in [0.3, 0.4) is 0 Å². The van der Waals surface area contributed by atoms with Crippen molar-refractivity contribution in [3.05, 3.63) is 65.7 Å². The maximum atomic E-state index is 6.56. The summed E-state index contributed by atoms with van der Waals surface area (Å²) in [5.41, 5.74) is 7.34. The molecular formula is C21H20ClN5OS. The van der Waals surface area contributed by atoms with E-state index in [1.54, 1.807) is 12.4 Å². The van der Waals surface area contributed by atoms with Gasteiger partial charge >= 0.3 is 0 Å². The van der Waals surface area contributed by atoms with Gasteiger partial charge in [-0.05, 0) is 18.2 Å². The molecule has 1 fully saturated rings. The molecule has 0 radical (unpaired) electrons. The van der Waals surface area contributed by atoms with Gasteiger partial charge in [-0.15, -0.1) is 0 Å². The summed E-state index contributed by atoms with van der Waals surface area (Å²) in [5.74, 6) is 1.79. The minimum Gasteiger partial charge on any atom is -0.485 e. The Balaban J connectivity index is 1.25. The molecule has 1 atom stereocenters. The first kappa shape index (κ1) is 18.7. The van der Waals surface area contributed by atoms with Gasteiger partial charge in [0, 0.05) is 37.7 Å². The van der Waals surface area contributed by atoms with Crippen molar-refractivity contribution in [2.45, 2.75) is 34.4 Å². The summed E-state index contributed by atoms with van der Waals surface area (Å²) < 4.78 is 6.32. The lowest BCUT2D eigenvalue weighted by molar-refractivity contribution is 0.0431. The third kappa shape index (κ3) is 3.43. The Kier molecular flexibility index (Phi) is 4.81. The average Bonchev–Trinajstić information content (AvgIpc) is 3.03. The number of para-hydroxylation sites is 1. The van der Waals surface area contributed by atoms with Crippen molar-refractivity contribution in [2.24, 2.45) is 5.73 Å². The van der Waals surface area contributed by atoms with Gasteiger partial charge in [-0.1, -0.05) is 41.6 Å². The molecule has 29 heavy (non-hydrogen) atoms. The third-order valence-corrected chi connectivity index (χ3v) is 7.00. The molecule has 2 aliphatic rings. The van der Waals surface area contributed by atoms with Crippen LogP contribution in [0.4, 0.5) is 5.82 Å². The van der Waals surface area contributed by atoms with Crippen molar-refractivity contribution in [2.75, 3.05) is 18.0 Å². The fourth-order valence-corrected chi connectivity index (χ4v) is 4.96. The second-order valence-electron chi connectivity index (χ2n) is 7.28. The molecule has 0 unspecified atom stereocenters. The quantitative estimate of drug-likeness (QED) is 0.632. The zero-order valence-corrected chi connectivity index (χ0v) is 17.2. The lowest BCUT2D eigenvalue weighted by atomic mass is 9.83. The number of pyridine rings is 1. The highest BCUT2D eigenvalue weighted by Gasteiger charge is 2.48. The lowest BCUT2D eigenvalue weighted by Crippen LogP contribution is -2.51.